The number of pyridine rings is 1. The number of aromatic nitrogens is 3. The Labute approximate surface area is 99.3 Å². The van der Waals surface area contributed by atoms with E-state index < -0.39 is 0 Å². The number of nitrogens with two attached hydrogens (primary N) is 1. The van der Waals surface area contributed by atoms with Crippen molar-refractivity contribution in [3.05, 3.63) is 34.1 Å². The minimum absolute atomic E-state index is 0.138. The average Bonchev–Trinajstić information content (AvgIpc) is 2.55. The Morgan fingerprint density at radius 2 is 2.12 bits per heavy atom. The SMILES string of the molecule is CC(C)c1c(-c2cccc(=O)[nH]2)nn(C)c1N. The third kappa shape index (κ3) is 1.95. The van der Waals surface area contributed by atoms with Gasteiger partial charge in [-0.25, -0.2) is 0 Å². The summed E-state index contributed by atoms with van der Waals surface area (Å²) in [6, 6.07) is 5.02. The lowest BCUT2D eigenvalue weighted by Gasteiger charge is -2.06. The van der Waals surface area contributed by atoms with Gasteiger partial charge in [0.15, 0.2) is 0 Å². The van der Waals surface area contributed by atoms with Crippen molar-refractivity contribution in [2.24, 2.45) is 7.05 Å². The molecule has 0 amide bonds. The first kappa shape index (κ1) is 11.4. The molecule has 3 N–H and O–H groups in total. The number of aryl methyl sites for hydroxylation is 1. The normalized spacial score (nSPS) is 11.1. The highest BCUT2D eigenvalue weighted by Crippen LogP contribution is 2.30. The van der Waals surface area contributed by atoms with Crippen LogP contribution in [0.2, 0.25) is 0 Å². The fraction of sp³-hybridized carbons (Fsp3) is 0.333. The van der Waals surface area contributed by atoms with Crippen molar-refractivity contribution < 1.29 is 0 Å². The Morgan fingerprint density at radius 3 is 2.71 bits per heavy atom. The van der Waals surface area contributed by atoms with E-state index in [2.05, 4.69) is 23.9 Å². The van der Waals surface area contributed by atoms with Crippen LogP contribution in [0.25, 0.3) is 11.4 Å². The highest BCUT2D eigenvalue weighted by molar-refractivity contribution is 5.66. The van der Waals surface area contributed by atoms with Gasteiger partial charge < -0.3 is 10.7 Å². The zero-order chi connectivity index (χ0) is 12.6. The zero-order valence-corrected chi connectivity index (χ0v) is 10.2. The second kappa shape index (κ2) is 4.08. The molecule has 0 radical (unpaired) electrons. The molecule has 5 nitrogen and oxygen atoms in total. The van der Waals surface area contributed by atoms with Gasteiger partial charge >= 0.3 is 0 Å². The number of H-pyrrole nitrogens is 1. The molecule has 2 heterocycles. The largest absolute Gasteiger partial charge is 0.384 e. The fourth-order valence-electron chi connectivity index (χ4n) is 1.91. The van der Waals surface area contributed by atoms with Crippen LogP contribution in [0.3, 0.4) is 0 Å². The third-order valence-corrected chi connectivity index (χ3v) is 2.73. The Bertz CT molecular complexity index is 595. The summed E-state index contributed by atoms with van der Waals surface area (Å²) in [7, 11) is 1.80. The van der Waals surface area contributed by atoms with E-state index in [4.69, 9.17) is 5.73 Å². The van der Waals surface area contributed by atoms with Crippen LogP contribution in [-0.2, 0) is 7.05 Å². The average molecular weight is 232 g/mol. The minimum atomic E-state index is -0.138. The molecule has 0 unspecified atom stereocenters. The lowest BCUT2D eigenvalue weighted by molar-refractivity contribution is 0.779. The molecule has 2 rings (SSSR count). The van der Waals surface area contributed by atoms with E-state index in [1.807, 2.05) is 6.07 Å². The lowest BCUT2D eigenvalue weighted by atomic mass is 10.0. The maximum absolute atomic E-state index is 11.3. The molecule has 2 aromatic rings. The van der Waals surface area contributed by atoms with Gasteiger partial charge in [0, 0.05) is 18.7 Å². The van der Waals surface area contributed by atoms with Crippen LogP contribution in [0.4, 0.5) is 5.82 Å². The molecule has 0 bridgehead atoms. The van der Waals surface area contributed by atoms with Crippen LogP contribution in [-0.4, -0.2) is 14.8 Å². The van der Waals surface area contributed by atoms with Gasteiger partial charge in [0.1, 0.15) is 11.5 Å². The van der Waals surface area contributed by atoms with Crippen molar-refractivity contribution in [3.8, 4) is 11.4 Å². The molecule has 0 fully saturated rings. The van der Waals surface area contributed by atoms with E-state index in [1.165, 1.54) is 6.07 Å². The molecule has 2 aromatic heterocycles. The summed E-state index contributed by atoms with van der Waals surface area (Å²) in [5, 5.41) is 4.36. The highest BCUT2D eigenvalue weighted by Gasteiger charge is 2.18. The van der Waals surface area contributed by atoms with Crippen molar-refractivity contribution in [2.75, 3.05) is 5.73 Å². The first-order valence-corrected chi connectivity index (χ1v) is 5.52. The van der Waals surface area contributed by atoms with Crippen molar-refractivity contribution >= 4 is 5.82 Å². The van der Waals surface area contributed by atoms with Crippen LogP contribution in [0, 0.1) is 0 Å². The summed E-state index contributed by atoms with van der Waals surface area (Å²) in [6.45, 7) is 4.11. The smallest absolute Gasteiger partial charge is 0.248 e. The Balaban J connectivity index is 2.67. The summed E-state index contributed by atoms with van der Waals surface area (Å²) in [6.07, 6.45) is 0. The van der Waals surface area contributed by atoms with Crippen LogP contribution in [0.1, 0.15) is 25.3 Å². The van der Waals surface area contributed by atoms with Crippen LogP contribution >= 0.6 is 0 Å². The highest BCUT2D eigenvalue weighted by atomic mass is 16.1. The third-order valence-electron chi connectivity index (χ3n) is 2.73. The molecular weight excluding hydrogens is 216 g/mol. The quantitative estimate of drug-likeness (QED) is 0.823. The predicted octanol–water partition coefficient (Wildman–Crippen LogP) is 1.48. The molecule has 0 aliphatic heterocycles. The Hall–Kier alpha value is -2.04. The summed E-state index contributed by atoms with van der Waals surface area (Å²) in [5.74, 6) is 0.891. The van der Waals surface area contributed by atoms with Crippen LogP contribution < -0.4 is 11.3 Å². The molecule has 0 saturated carbocycles. The monoisotopic (exact) mass is 232 g/mol. The van der Waals surface area contributed by atoms with E-state index in [9.17, 15) is 4.79 Å². The van der Waals surface area contributed by atoms with Crippen molar-refractivity contribution in [2.45, 2.75) is 19.8 Å². The van der Waals surface area contributed by atoms with Crippen molar-refractivity contribution in [3.63, 3.8) is 0 Å². The molecule has 0 aliphatic rings. The number of nitrogens with zero attached hydrogens (tertiary/aromatic N) is 2. The number of nitrogens with one attached hydrogen (secondary N) is 1. The van der Waals surface area contributed by atoms with Crippen molar-refractivity contribution in [1.82, 2.24) is 14.8 Å². The number of aromatic amines is 1. The van der Waals surface area contributed by atoms with Gasteiger partial charge in [0.25, 0.3) is 0 Å². The maximum Gasteiger partial charge on any atom is 0.248 e. The van der Waals surface area contributed by atoms with E-state index in [-0.39, 0.29) is 11.5 Å². The van der Waals surface area contributed by atoms with Gasteiger partial charge in [-0.3, -0.25) is 9.48 Å². The molecule has 90 valence electrons. The van der Waals surface area contributed by atoms with Crippen molar-refractivity contribution in [1.29, 1.82) is 0 Å². The zero-order valence-electron chi connectivity index (χ0n) is 10.2. The summed E-state index contributed by atoms with van der Waals surface area (Å²) >= 11 is 0. The first-order valence-electron chi connectivity index (χ1n) is 5.52. The van der Waals surface area contributed by atoms with Gasteiger partial charge in [-0.1, -0.05) is 19.9 Å². The lowest BCUT2D eigenvalue weighted by Crippen LogP contribution is -2.05. The maximum atomic E-state index is 11.3. The van der Waals surface area contributed by atoms with Gasteiger partial charge in [-0.15, -0.1) is 0 Å². The molecular formula is C12H16N4O. The standard InChI is InChI=1S/C12H16N4O/c1-7(2)10-11(15-16(3)12(10)13)8-5-4-6-9(17)14-8/h4-7H,13H2,1-3H3,(H,14,17). The first-order chi connectivity index (χ1) is 8.00. The molecule has 0 spiro atoms. The van der Waals surface area contributed by atoms with E-state index >= 15 is 0 Å². The van der Waals surface area contributed by atoms with Crippen LogP contribution in [0.15, 0.2) is 23.0 Å². The van der Waals surface area contributed by atoms with Gasteiger partial charge in [-0.2, -0.15) is 5.10 Å². The molecule has 5 heteroatoms. The number of nitrogen functional groups attached to an aromatic ring is 1. The van der Waals surface area contributed by atoms with Gasteiger partial charge in [0.2, 0.25) is 5.56 Å². The molecule has 0 aliphatic carbocycles. The van der Waals surface area contributed by atoms with E-state index in [0.717, 1.165) is 11.3 Å². The topological polar surface area (TPSA) is 76.7 Å². The minimum Gasteiger partial charge on any atom is -0.384 e. The molecule has 17 heavy (non-hydrogen) atoms. The number of rotatable bonds is 2. The number of hydrogen-bond acceptors (Lipinski definition) is 3. The molecule has 0 atom stereocenters. The van der Waals surface area contributed by atoms with E-state index in [1.54, 1.807) is 17.8 Å². The molecule has 0 saturated heterocycles. The summed E-state index contributed by atoms with van der Waals surface area (Å²) in [4.78, 5) is 14.1. The summed E-state index contributed by atoms with van der Waals surface area (Å²) in [5.41, 5.74) is 8.27. The second-order valence-corrected chi connectivity index (χ2v) is 4.35. The summed E-state index contributed by atoms with van der Waals surface area (Å²) < 4.78 is 1.63. The van der Waals surface area contributed by atoms with E-state index in [0.29, 0.717) is 11.5 Å². The van der Waals surface area contributed by atoms with Gasteiger partial charge in [0.05, 0.1) is 5.69 Å². The Morgan fingerprint density at radius 1 is 1.41 bits per heavy atom. The van der Waals surface area contributed by atoms with Gasteiger partial charge in [-0.05, 0) is 12.0 Å². The number of anilines is 1. The van der Waals surface area contributed by atoms with Crippen LogP contribution in [0.5, 0.6) is 0 Å². The Kier molecular flexibility index (Phi) is 2.75. The predicted molar refractivity (Wildman–Crippen MR) is 67.8 cm³/mol. The number of hydrogen-bond donors (Lipinski definition) is 2. The second-order valence-electron chi connectivity index (χ2n) is 4.35. The fourth-order valence-corrected chi connectivity index (χ4v) is 1.91. The molecule has 0 aromatic carbocycles.